The number of rotatable bonds is 3. The fourth-order valence-electron chi connectivity index (χ4n) is 0.434. The number of aliphatic hydroxyl groups excluding tert-OH is 1. The molecular weight excluding hydrogens is 104 g/mol. The first-order chi connectivity index (χ1) is 3.68. The summed E-state index contributed by atoms with van der Waals surface area (Å²) in [6.45, 7) is 2.21. The van der Waals surface area contributed by atoms with Gasteiger partial charge >= 0.3 is 0 Å². The van der Waals surface area contributed by atoms with Crippen LogP contribution in [0.4, 0.5) is 0 Å². The average Bonchev–Trinajstić information content (AvgIpc) is 1.67. The van der Waals surface area contributed by atoms with Crippen LogP contribution in [0.5, 0.6) is 0 Å². The summed E-state index contributed by atoms with van der Waals surface area (Å²) in [7, 11) is 0. The van der Waals surface area contributed by atoms with E-state index < -0.39 is 6.10 Å². The third kappa shape index (κ3) is 2.96. The zero-order chi connectivity index (χ0) is 6.57. The summed E-state index contributed by atoms with van der Waals surface area (Å²) in [6.07, 6.45) is 0.260. The molecule has 0 amide bonds. The predicted octanol–water partition coefficient (Wildman–Crippen LogP) is -0.957. The second kappa shape index (κ2) is 3.83. The first-order valence-corrected chi connectivity index (χ1v) is 2.82. The quantitative estimate of drug-likeness (QED) is 0.447. The van der Waals surface area contributed by atoms with Crippen LogP contribution in [0.25, 0.3) is 0 Å². The Hall–Kier alpha value is -0.120. The summed E-state index contributed by atoms with van der Waals surface area (Å²) in [6, 6.07) is -0.153. The van der Waals surface area contributed by atoms with Crippen molar-refractivity contribution in [1.29, 1.82) is 0 Å². The molecule has 0 aromatic carbocycles. The Morgan fingerprint density at radius 2 is 2.12 bits per heavy atom. The van der Waals surface area contributed by atoms with E-state index in [9.17, 15) is 0 Å². The third-order valence-corrected chi connectivity index (χ3v) is 1.12. The zero-order valence-corrected chi connectivity index (χ0v) is 5.17. The highest BCUT2D eigenvalue weighted by Crippen LogP contribution is 1.91. The first kappa shape index (κ1) is 7.88. The van der Waals surface area contributed by atoms with Crippen molar-refractivity contribution in [2.75, 3.05) is 6.54 Å². The van der Waals surface area contributed by atoms with E-state index in [1.54, 1.807) is 6.92 Å². The second-order valence-corrected chi connectivity index (χ2v) is 1.98. The van der Waals surface area contributed by atoms with E-state index in [-0.39, 0.29) is 6.04 Å². The minimum absolute atomic E-state index is 0.153. The average molecular weight is 118 g/mol. The molecule has 0 bridgehead atoms. The Bertz CT molecular complexity index is 56.4. The molecule has 0 fully saturated rings. The lowest BCUT2D eigenvalue weighted by Crippen LogP contribution is -2.34. The van der Waals surface area contributed by atoms with Gasteiger partial charge in [-0.15, -0.1) is 0 Å². The summed E-state index contributed by atoms with van der Waals surface area (Å²) in [5, 5.41) is 8.77. The van der Waals surface area contributed by atoms with Crippen molar-refractivity contribution >= 4 is 0 Å². The van der Waals surface area contributed by atoms with Crippen molar-refractivity contribution in [3.63, 3.8) is 0 Å². The largest absolute Gasteiger partial charge is 0.392 e. The maximum Gasteiger partial charge on any atom is 0.0663 e. The molecule has 2 atom stereocenters. The Kier molecular flexibility index (Phi) is 3.77. The summed E-state index contributed by atoms with van der Waals surface area (Å²) >= 11 is 0. The molecule has 50 valence electrons. The smallest absolute Gasteiger partial charge is 0.0663 e. The van der Waals surface area contributed by atoms with Gasteiger partial charge in [0.15, 0.2) is 0 Å². The van der Waals surface area contributed by atoms with Gasteiger partial charge in [0.1, 0.15) is 0 Å². The minimum atomic E-state index is -0.432. The van der Waals surface area contributed by atoms with Crippen LogP contribution in [0.1, 0.15) is 13.3 Å². The van der Waals surface area contributed by atoms with Crippen LogP contribution in [-0.4, -0.2) is 23.8 Å². The molecule has 0 saturated carbocycles. The Morgan fingerprint density at radius 3 is 2.25 bits per heavy atom. The molecule has 0 radical (unpaired) electrons. The molecule has 0 aliphatic rings. The Morgan fingerprint density at radius 1 is 1.62 bits per heavy atom. The molecule has 0 rings (SSSR count). The molecule has 8 heavy (non-hydrogen) atoms. The van der Waals surface area contributed by atoms with E-state index in [0.29, 0.717) is 13.0 Å². The number of aliphatic hydroxyl groups is 1. The van der Waals surface area contributed by atoms with Gasteiger partial charge in [0.05, 0.1) is 6.10 Å². The van der Waals surface area contributed by atoms with Crippen LogP contribution in [0.3, 0.4) is 0 Å². The standard InChI is InChI=1S/C5H14N2O/c1-4(8)5(7)2-3-6/h4-5,8H,2-3,6-7H2,1H3/t4?,5-/m1/s1. The van der Waals surface area contributed by atoms with Gasteiger partial charge in [0.25, 0.3) is 0 Å². The van der Waals surface area contributed by atoms with Crippen LogP contribution in [0, 0.1) is 0 Å². The molecule has 0 aliphatic heterocycles. The number of nitrogens with two attached hydrogens (primary N) is 2. The first-order valence-electron chi connectivity index (χ1n) is 2.82. The van der Waals surface area contributed by atoms with Gasteiger partial charge < -0.3 is 16.6 Å². The van der Waals surface area contributed by atoms with E-state index >= 15 is 0 Å². The van der Waals surface area contributed by atoms with Gasteiger partial charge in [-0.1, -0.05) is 0 Å². The minimum Gasteiger partial charge on any atom is -0.392 e. The van der Waals surface area contributed by atoms with Crippen LogP contribution < -0.4 is 11.5 Å². The molecule has 5 N–H and O–H groups in total. The van der Waals surface area contributed by atoms with Crippen molar-refractivity contribution in [3.05, 3.63) is 0 Å². The third-order valence-electron chi connectivity index (χ3n) is 1.12. The molecule has 1 unspecified atom stereocenters. The summed E-state index contributed by atoms with van der Waals surface area (Å²) in [4.78, 5) is 0. The molecule has 0 saturated heterocycles. The Labute approximate surface area is 49.7 Å². The molecule has 0 spiro atoms. The maximum absolute atomic E-state index is 8.77. The van der Waals surface area contributed by atoms with Crippen LogP contribution in [0.2, 0.25) is 0 Å². The highest BCUT2D eigenvalue weighted by molar-refractivity contribution is 4.66. The topological polar surface area (TPSA) is 72.3 Å². The summed E-state index contributed by atoms with van der Waals surface area (Å²) in [5.41, 5.74) is 10.6. The highest BCUT2D eigenvalue weighted by atomic mass is 16.3. The van der Waals surface area contributed by atoms with Gasteiger partial charge in [-0.05, 0) is 19.9 Å². The van der Waals surface area contributed by atoms with Gasteiger partial charge in [-0.2, -0.15) is 0 Å². The molecule has 0 aliphatic carbocycles. The van der Waals surface area contributed by atoms with Crippen LogP contribution >= 0.6 is 0 Å². The van der Waals surface area contributed by atoms with Crippen molar-refractivity contribution in [3.8, 4) is 0 Å². The fraction of sp³-hybridized carbons (Fsp3) is 1.00. The van der Waals surface area contributed by atoms with E-state index in [1.165, 1.54) is 0 Å². The van der Waals surface area contributed by atoms with Gasteiger partial charge in [-0.3, -0.25) is 0 Å². The molecule has 0 aromatic rings. The number of hydrogen-bond donors (Lipinski definition) is 3. The Balaban J connectivity index is 3.17. The second-order valence-electron chi connectivity index (χ2n) is 1.98. The lowest BCUT2D eigenvalue weighted by molar-refractivity contribution is 0.160. The monoisotopic (exact) mass is 118 g/mol. The van der Waals surface area contributed by atoms with E-state index in [0.717, 1.165) is 0 Å². The normalized spacial score (nSPS) is 18.0. The number of hydrogen-bond acceptors (Lipinski definition) is 3. The van der Waals surface area contributed by atoms with Gasteiger partial charge in [0, 0.05) is 6.04 Å². The van der Waals surface area contributed by atoms with Crippen molar-refractivity contribution in [2.24, 2.45) is 11.5 Å². The van der Waals surface area contributed by atoms with Crippen LogP contribution in [0.15, 0.2) is 0 Å². The van der Waals surface area contributed by atoms with Crippen molar-refractivity contribution < 1.29 is 5.11 Å². The predicted molar refractivity (Wildman–Crippen MR) is 33.3 cm³/mol. The fourth-order valence-corrected chi connectivity index (χ4v) is 0.434. The van der Waals surface area contributed by atoms with Crippen molar-refractivity contribution in [1.82, 2.24) is 0 Å². The zero-order valence-electron chi connectivity index (χ0n) is 5.17. The van der Waals surface area contributed by atoms with Gasteiger partial charge in [0.2, 0.25) is 0 Å². The molecule has 3 nitrogen and oxygen atoms in total. The van der Waals surface area contributed by atoms with E-state index in [1.807, 2.05) is 0 Å². The van der Waals surface area contributed by atoms with E-state index in [2.05, 4.69) is 0 Å². The molecule has 0 aromatic heterocycles. The molecular formula is C5H14N2O. The lowest BCUT2D eigenvalue weighted by Gasteiger charge is -2.11. The lowest BCUT2D eigenvalue weighted by atomic mass is 10.1. The van der Waals surface area contributed by atoms with Crippen molar-refractivity contribution in [2.45, 2.75) is 25.5 Å². The van der Waals surface area contributed by atoms with Crippen LogP contribution in [-0.2, 0) is 0 Å². The van der Waals surface area contributed by atoms with E-state index in [4.69, 9.17) is 16.6 Å². The summed E-state index contributed by atoms with van der Waals surface area (Å²) in [5.74, 6) is 0. The van der Waals surface area contributed by atoms with Gasteiger partial charge in [-0.25, -0.2) is 0 Å². The maximum atomic E-state index is 8.77. The summed E-state index contributed by atoms with van der Waals surface area (Å²) < 4.78 is 0. The molecule has 0 heterocycles. The SMILES string of the molecule is CC(O)[C@H](N)CCN. The highest BCUT2D eigenvalue weighted by Gasteiger charge is 2.05. The molecule has 3 heteroatoms.